The quantitative estimate of drug-likeness (QED) is 0.598. The number of ether oxygens (including phenoxy) is 1. The second-order valence-corrected chi connectivity index (χ2v) is 3.91. The fraction of sp³-hybridized carbons (Fsp3) is 0.333. The first-order valence-corrected chi connectivity index (χ1v) is 5.74. The summed E-state index contributed by atoms with van der Waals surface area (Å²) in [7, 11) is 1.51. The molecule has 7 nitrogen and oxygen atoms in total. The van der Waals surface area contributed by atoms with Gasteiger partial charge >= 0.3 is 6.03 Å². The lowest BCUT2D eigenvalue weighted by molar-refractivity contribution is -0.118. The van der Waals surface area contributed by atoms with Crippen LogP contribution in [0.2, 0.25) is 0 Å². The lowest BCUT2D eigenvalue weighted by Gasteiger charge is -2.12. The summed E-state index contributed by atoms with van der Waals surface area (Å²) in [4.78, 5) is 22.3. The van der Waals surface area contributed by atoms with E-state index in [4.69, 9.17) is 16.2 Å². The van der Waals surface area contributed by atoms with Crippen LogP contribution in [-0.2, 0) is 9.53 Å². The minimum absolute atomic E-state index is 0.187. The molecule has 1 aromatic carbocycles. The first-order chi connectivity index (χ1) is 9.05. The van der Waals surface area contributed by atoms with Gasteiger partial charge in [-0.1, -0.05) is 0 Å². The lowest BCUT2D eigenvalue weighted by Crippen LogP contribution is -2.28. The molecule has 0 fully saturated rings. The van der Waals surface area contributed by atoms with Crippen molar-refractivity contribution in [2.24, 2.45) is 11.5 Å². The van der Waals surface area contributed by atoms with Gasteiger partial charge in [-0.25, -0.2) is 4.79 Å². The summed E-state index contributed by atoms with van der Waals surface area (Å²) < 4.78 is 5.02. The first kappa shape index (κ1) is 14.9. The third-order valence-electron chi connectivity index (χ3n) is 2.45. The number of carbonyl (C=O) groups excluding carboxylic acids is 2. The van der Waals surface area contributed by atoms with Crippen LogP contribution in [0.3, 0.4) is 0 Å². The minimum atomic E-state index is -0.636. The highest BCUT2D eigenvalue weighted by molar-refractivity contribution is 5.92. The molecule has 0 aliphatic heterocycles. The van der Waals surface area contributed by atoms with Crippen molar-refractivity contribution in [3.63, 3.8) is 0 Å². The molecule has 0 saturated heterocycles. The van der Waals surface area contributed by atoms with E-state index in [1.54, 1.807) is 24.3 Å². The topological polar surface area (TPSA) is 119 Å². The van der Waals surface area contributed by atoms with Gasteiger partial charge in [0.1, 0.15) is 0 Å². The molecule has 1 unspecified atom stereocenters. The number of carbonyl (C=O) groups is 2. The Balaban J connectivity index is 2.53. The van der Waals surface area contributed by atoms with Crippen molar-refractivity contribution in [1.29, 1.82) is 0 Å². The van der Waals surface area contributed by atoms with E-state index in [1.165, 1.54) is 7.11 Å². The Morgan fingerprint density at radius 2 is 1.74 bits per heavy atom. The molecule has 0 aliphatic carbocycles. The SMILES string of the molecule is COC(CN)CC(=O)Nc1ccc(NC(N)=O)cc1. The van der Waals surface area contributed by atoms with Gasteiger partial charge in [-0.3, -0.25) is 4.79 Å². The van der Waals surface area contributed by atoms with E-state index in [9.17, 15) is 9.59 Å². The maximum absolute atomic E-state index is 11.7. The zero-order chi connectivity index (χ0) is 14.3. The molecule has 0 saturated carbocycles. The molecule has 6 N–H and O–H groups in total. The maximum atomic E-state index is 11.7. The van der Waals surface area contributed by atoms with Crippen molar-refractivity contribution >= 4 is 23.3 Å². The first-order valence-electron chi connectivity index (χ1n) is 5.74. The normalized spacial score (nSPS) is 11.7. The molecule has 0 aliphatic rings. The predicted molar refractivity (Wildman–Crippen MR) is 72.7 cm³/mol. The number of amides is 3. The zero-order valence-corrected chi connectivity index (χ0v) is 10.7. The summed E-state index contributed by atoms with van der Waals surface area (Å²) in [5.74, 6) is -0.187. The average molecular weight is 266 g/mol. The summed E-state index contributed by atoms with van der Waals surface area (Å²) in [6.07, 6.45) is -0.107. The molecule has 1 aromatic rings. The van der Waals surface area contributed by atoms with Gasteiger partial charge in [-0.2, -0.15) is 0 Å². The van der Waals surface area contributed by atoms with E-state index < -0.39 is 6.03 Å². The van der Waals surface area contributed by atoms with Gasteiger partial charge in [0.15, 0.2) is 0 Å². The molecule has 0 bridgehead atoms. The number of anilines is 2. The molecule has 3 amide bonds. The second kappa shape index (κ2) is 7.34. The average Bonchev–Trinajstić information content (AvgIpc) is 2.37. The molecule has 1 atom stereocenters. The standard InChI is InChI=1S/C12H18N4O3/c1-19-10(7-13)6-11(17)15-8-2-4-9(5-3-8)16-12(14)18/h2-5,10H,6-7,13H2,1H3,(H,15,17)(H3,14,16,18). The highest BCUT2D eigenvalue weighted by Gasteiger charge is 2.11. The summed E-state index contributed by atoms with van der Waals surface area (Å²) in [6, 6.07) is 5.96. The highest BCUT2D eigenvalue weighted by atomic mass is 16.5. The third-order valence-corrected chi connectivity index (χ3v) is 2.45. The van der Waals surface area contributed by atoms with Crippen LogP contribution in [0.4, 0.5) is 16.2 Å². The molecular formula is C12H18N4O3. The number of methoxy groups -OCH3 is 1. The van der Waals surface area contributed by atoms with E-state index in [0.717, 1.165) is 0 Å². The Morgan fingerprint density at radius 3 is 2.16 bits per heavy atom. The molecule has 0 heterocycles. The van der Waals surface area contributed by atoms with Crippen LogP contribution in [0.1, 0.15) is 6.42 Å². The summed E-state index contributed by atoms with van der Waals surface area (Å²) in [6.45, 7) is 0.283. The van der Waals surface area contributed by atoms with Crippen molar-refractivity contribution in [2.45, 2.75) is 12.5 Å². The third kappa shape index (κ3) is 5.36. The van der Waals surface area contributed by atoms with Crippen molar-refractivity contribution in [3.8, 4) is 0 Å². The Bertz CT molecular complexity index is 429. The van der Waals surface area contributed by atoms with E-state index in [2.05, 4.69) is 10.6 Å². The summed E-state index contributed by atoms with van der Waals surface area (Å²) in [5, 5.41) is 5.13. The number of primary amides is 1. The molecule has 7 heteroatoms. The van der Waals surface area contributed by atoms with Crippen LogP contribution in [-0.4, -0.2) is 31.7 Å². The minimum Gasteiger partial charge on any atom is -0.380 e. The van der Waals surface area contributed by atoms with Gasteiger partial charge in [0.25, 0.3) is 0 Å². The number of rotatable bonds is 6. The summed E-state index contributed by atoms with van der Waals surface area (Å²) >= 11 is 0. The largest absolute Gasteiger partial charge is 0.380 e. The molecule has 104 valence electrons. The van der Waals surface area contributed by atoms with Crippen LogP contribution in [0.25, 0.3) is 0 Å². The monoisotopic (exact) mass is 266 g/mol. The fourth-order valence-electron chi connectivity index (χ4n) is 1.46. The zero-order valence-electron chi connectivity index (χ0n) is 10.7. The van der Waals surface area contributed by atoms with Gasteiger partial charge in [-0.15, -0.1) is 0 Å². The Morgan fingerprint density at radius 1 is 1.21 bits per heavy atom. The van der Waals surface area contributed by atoms with Crippen LogP contribution < -0.4 is 22.1 Å². The highest BCUT2D eigenvalue weighted by Crippen LogP contribution is 2.13. The maximum Gasteiger partial charge on any atom is 0.316 e. The van der Waals surface area contributed by atoms with Crippen LogP contribution in [0.15, 0.2) is 24.3 Å². The van der Waals surface area contributed by atoms with Crippen molar-refractivity contribution in [3.05, 3.63) is 24.3 Å². The van der Waals surface area contributed by atoms with Gasteiger partial charge in [-0.05, 0) is 24.3 Å². The van der Waals surface area contributed by atoms with E-state index in [-0.39, 0.29) is 25.0 Å². The van der Waals surface area contributed by atoms with Gasteiger partial charge in [0, 0.05) is 25.0 Å². The number of benzene rings is 1. The van der Waals surface area contributed by atoms with Crippen molar-refractivity contribution in [2.75, 3.05) is 24.3 Å². The van der Waals surface area contributed by atoms with Crippen LogP contribution in [0, 0.1) is 0 Å². The van der Waals surface area contributed by atoms with Crippen molar-refractivity contribution in [1.82, 2.24) is 0 Å². The Kier molecular flexibility index (Phi) is 5.77. The molecule has 1 rings (SSSR count). The number of hydrogen-bond acceptors (Lipinski definition) is 4. The molecule has 0 aromatic heterocycles. The van der Waals surface area contributed by atoms with Gasteiger partial charge in [0.05, 0.1) is 12.5 Å². The van der Waals surface area contributed by atoms with Crippen LogP contribution >= 0.6 is 0 Å². The fourth-order valence-corrected chi connectivity index (χ4v) is 1.46. The molecular weight excluding hydrogens is 248 g/mol. The van der Waals surface area contributed by atoms with Crippen molar-refractivity contribution < 1.29 is 14.3 Å². The molecule has 19 heavy (non-hydrogen) atoms. The number of urea groups is 1. The molecule has 0 spiro atoms. The van der Waals surface area contributed by atoms with Gasteiger partial charge in [0.2, 0.25) is 5.91 Å². The lowest BCUT2D eigenvalue weighted by atomic mass is 10.2. The second-order valence-electron chi connectivity index (χ2n) is 3.91. The smallest absolute Gasteiger partial charge is 0.316 e. The Labute approximate surface area is 111 Å². The molecule has 0 radical (unpaired) electrons. The van der Waals surface area contributed by atoms with E-state index in [0.29, 0.717) is 11.4 Å². The van der Waals surface area contributed by atoms with Gasteiger partial charge < -0.3 is 26.8 Å². The van der Waals surface area contributed by atoms with E-state index >= 15 is 0 Å². The number of nitrogens with two attached hydrogens (primary N) is 2. The number of nitrogens with one attached hydrogen (secondary N) is 2. The predicted octanol–water partition coefficient (Wildman–Crippen LogP) is 0.479. The van der Waals surface area contributed by atoms with Crippen LogP contribution in [0.5, 0.6) is 0 Å². The Hall–Kier alpha value is -2.12. The summed E-state index contributed by atoms with van der Waals surface area (Å²) in [5.41, 5.74) is 11.6. The van der Waals surface area contributed by atoms with E-state index in [1.807, 2.05) is 0 Å². The number of hydrogen-bond donors (Lipinski definition) is 4.